The molecule has 0 saturated heterocycles. The van der Waals surface area contributed by atoms with Crippen LogP contribution in [-0.2, 0) is 4.74 Å². The largest absolute Gasteiger partial charge is 0.870 e. The first kappa shape index (κ1) is 16.6. The van der Waals surface area contributed by atoms with Crippen LogP contribution in [0.15, 0.2) is 0 Å². The minimum absolute atomic E-state index is 0. The molecule has 0 saturated carbocycles. The summed E-state index contributed by atoms with van der Waals surface area (Å²) in [6, 6.07) is 0. The lowest BCUT2D eigenvalue weighted by Crippen LogP contribution is -2.51. The van der Waals surface area contributed by atoms with Gasteiger partial charge in [0.1, 0.15) is 6.54 Å². The zero-order valence-electron chi connectivity index (χ0n) is 10.1. The molecule has 0 fully saturated rings. The maximum Gasteiger partial charge on any atom is 0.506 e. The van der Waals surface area contributed by atoms with Crippen molar-refractivity contribution in [2.45, 2.75) is 33.8 Å². The van der Waals surface area contributed by atoms with Crippen molar-refractivity contribution in [3.8, 4) is 0 Å². The lowest BCUT2D eigenvalue weighted by Gasteiger charge is -2.37. The van der Waals surface area contributed by atoms with E-state index in [0.29, 0.717) is 0 Å². The first-order chi connectivity index (χ1) is 6.49. The molecule has 1 atom stereocenters. The van der Waals surface area contributed by atoms with E-state index in [2.05, 4.69) is 20.8 Å². The minimum atomic E-state index is -1.18. The van der Waals surface area contributed by atoms with Crippen molar-refractivity contribution in [1.29, 1.82) is 0 Å². The fourth-order valence-corrected chi connectivity index (χ4v) is 1.81. The second-order valence-corrected chi connectivity index (χ2v) is 3.67. The van der Waals surface area contributed by atoms with Crippen LogP contribution in [0.1, 0.15) is 27.7 Å². The standard InChI is InChI=1S/C10H21NO3.H2O/c1-5-11(6-2,7-3)8-9(4)14-10(12)13;/h9H,5-8H2,1-4H3;1H2. The number of quaternary nitrogens is 1. The Hall–Kier alpha value is -0.810. The fraction of sp³-hybridized carbons (Fsp3) is 0.900. The summed E-state index contributed by atoms with van der Waals surface area (Å²) in [6.45, 7) is 12.0. The Kier molecular flexibility index (Phi) is 8.28. The van der Waals surface area contributed by atoms with Crippen LogP contribution in [0.2, 0.25) is 0 Å². The second-order valence-electron chi connectivity index (χ2n) is 3.67. The van der Waals surface area contributed by atoms with E-state index in [9.17, 15) is 4.79 Å². The quantitative estimate of drug-likeness (QED) is 0.547. The van der Waals surface area contributed by atoms with Crippen LogP contribution in [0.5, 0.6) is 0 Å². The first-order valence-corrected chi connectivity index (χ1v) is 5.24. The van der Waals surface area contributed by atoms with Gasteiger partial charge in [-0.3, -0.25) is 0 Å². The van der Waals surface area contributed by atoms with Crippen molar-refractivity contribution in [2.75, 3.05) is 26.2 Å². The van der Waals surface area contributed by atoms with E-state index in [4.69, 9.17) is 9.84 Å². The third-order valence-electron chi connectivity index (χ3n) is 2.96. The van der Waals surface area contributed by atoms with Gasteiger partial charge in [-0.2, -0.15) is 0 Å². The summed E-state index contributed by atoms with van der Waals surface area (Å²) in [5.74, 6) is 0. The second kappa shape index (κ2) is 7.48. The highest BCUT2D eigenvalue weighted by molar-refractivity contribution is 5.56. The molecule has 0 heterocycles. The minimum Gasteiger partial charge on any atom is -0.870 e. The van der Waals surface area contributed by atoms with Crippen LogP contribution >= 0.6 is 0 Å². The van der Waals surface area contributed by atoms with E-state index < -0.39 is 6.16 Å². The number of nitrogens with zero attached hydrogens (tertiary/aromatic N) is 1. The monoisotopic (exact) mass is 221 g/mol. The summed E-state index contributed by atoms with van der Waals surface area (Å²) in [6.07, 6.45) is -1.41. The molecular weight excluding hydrogens is 198 g/mol. The Labute approximate surface area is 91.5 Å². The van der Waals surface area contributed by atoms with Gasteiger partial charge in [0.05, 0.1) is 19.6 Å². The maximum absolute atomic E-state index is 10.3. The predicted molar refractivity (Wildman–Crippen MR) is 57.3 cm³/mol. The Morgan fingerprint density at radius 1 is 1.27 bits per heavy atom. The van der Waals surface area contributed by atoms with E-state index in [1.807, 2.05) is 6.92 Å². The molecule has 5 nitrogen and oxygen atoms in total. The van der Waals surface area contributed by atoms with Crippen molar-refractivity contribution in [3.05, 3.63) is 0 Å². The highest BCUT2D eigenvalue weighted by Gasteiger charge is 2.25. The Bertz CT molecular complexity index is 172. The van der Waals surface area contributed by atoms with Gasteiger partial charge in [0.2, 0.25) is 0 Å². The van der Waals surface area contributed by atoms with Gasteiger partial charge < -0.3 is 19.8 Å². The summed E-state index contributed by atoms with van der Waals surface area (Å²) in [4.78, 5) is 10.3. The fourth-order valence-electron chi connectivity index (χ4n) is 1.81. The van der Waals surface area contributed by atoms with Crippen molar-refractivity contribution >= 4 is 6.16 Å². The lowest BCUT2D eigenvalue weighted by molar-refractivity contribution is -0.925. The molecule has 0 aromatic rings. The molecule has 1 unspecified atom stereocenters. The molecule has 5 heteroatoms. The average molecular weight is 221 g/mol. The summed E-state index contributed by atoms with van der Waals surface area (Å²) in [5.41, 5.74) is 0. The summed E-state index contributed by atoms with van der Waals surface area (Å²) >= 11 is 0. The summed E-state index contributed by atoms with van der Waals surface area (Å²) in [7, 11) is 0. The van der Waals surface area contributed by atoms with E-state index in [1.165, 1.54) is 0 Å². The van der Waals surface area contributed by atoms with E-state index in [-0.39, 0.29) is 11.6 Å². The van der Waals surface area contributed by atoms with Crippen LogP contribution in [0.3, 0.4) is 0 Å². The topological polar surface area (TPSA) is 76.5 Å². The molecule has 0 bridgehead atoms. The maximum atomic E-state index is 10.3. The van der Waals surface area contributed by atoms with Crippen molar-refractivity contribution in [3.63, 3.8) is 0 Å². The van der Waals surface area contributed by atoms with Crippen molar-refractivity contribution in [1.82, 2.24) is 0 Å². The van der Waals surface area contributed by atoms with Gasteiger partial charge in [0, 0.05) is 0 Å². The zero-order valence-corrected chi connectivity index (χ0v) is 10.1. The molecule has 0 aliphatic heterocycles. The highest BCUT2D eigenvalue weighted by Crippen LogP contribution is 2.09. The smallest absolute Gasteiger partial charge is 0.506 e. The third kappa shape index (κ3) is 5.59. The number of carbonyl (C=O) groups is 1. The number of carboxylic acid groups (broad SMARTS) is 1. The number of likely N-dealkylation sites (N-methyl/N-ethyl adjacent to an activating group) is 1. The van der Waals surface area contributed by atoms with Gasteiger partial charge in [-0.1, -0.05) is 0 Å². The predicted octanol–water partition coefficient (Wildman–Crippen LogP) is 1.77. The Morgan fingerprint density at radius 3 is 1.93 bits per heavy atom. The molecule has 0 rings (SSSR count). The van der Waals surface area contributed by atoms with Crippen molar-refractivity contribution in [2.24, 2.45) is 0 Å². The van der Waals surface area contributed by atoms with Gasteiger partial charge in [0.25, 0.3) is 0 Å². The molecule has 0 aliphatic carbocycles. The molecule has 15 heavy (non-hydrogen) atoms. The molecule has 2 N–H and O–H groups in total. The van der Waals surface area contributed by atoms with Crippen LogP contribution in [0, 0.1) is 0 Å². The van der Waals surface area contributed by atoms with E-state index >= 15 is 0 Å². The van der Waals surface area contributed by atoms with Gasteiger partial charge in [-0.15, -0.1) is 0 Å². The normalized spacial score (nSPS) is 12.8. The molecule has 0 radical (unpaired) electrons. The molecule has 0 amide bonds. The number of rotatable bonds is 6. The number of hydrogen-bond acceptors (Lipinski definition) is 3. The van der Waals surface area contributed by atoms with E-state index in [0.717, 1.165) is 30.7 Å². The lowest BCUT2D eigenvalue weighted by atomic mass is 10.2. The first-order valence-electron chi connectivity index (χ1n) is 5.24. The van der Waals surface area contributed by atoms with Crippen LogP contribution in [0.25, 0.3) is 0 Å². The molecule has 0 aromatic heterocycles. The number of ether oxygens (including phenoxy) is 1. The summed E-state index contributed by atoms with van der Waals surface area (Å²) < 4.78 is 5.62. The highest BCUT2D eigenvalue weighted by atomic mass is 16.7. The molecule has 0 spiro atoms. The zero-order chi connectivity index (χ0) is 11.2. The van der Waals surface area contributed by atoms with Crippen LogP contribution in [-0.4, -0.2) is 53.5 Å². The Morgan fingerprint density at radius 2 is 1.67 bits per heavy atom. The average Bonchev–Trinajstić information content (AvgIpc) is 2.13. The van der Waals surface area contributed by atoms with Gasteiger partial charge in [-0.05, 0) is 27.7 Å². The SMILES string of the molecule is CC[N+](CC)(CC)CC(C)OC(=O)O.[OH-]. The molecule has 0 aromatic carbocycles. The number of hydrogen-bond donors (Lipinski definition) is 1. The molecular formula is C10H23NO4. The van der Waals surface area contributed by atoms with E-state index in [1.54, 1.807) is 0 Å². The van der Waals surface area contributed by atoms with Crippen LogP contribution < -0.4 is 0 Å². The van der Waals surface area contributed by atoms with Gasteiger partial charge in [0.15, 0.2) is 6.10 Å². The third-order valence-corrected chi connectivity index (χ3v) is 2.96. The molecule has 0 aliphatic rings. The summed E-state index contributed by atoms with van der Waals surface area (Å²) in [5, 5.41) is 8.47. The van der Waals surface area contributed by atoms with Crippen LogP contribution in [0.4, 0.5) is 4.79 Å². The van der Waals surface area contributed by atoms with Gasteiger partial charge >= 0.3 is 6.16 Å². The molecule has 92 valence electrons. The van der Waals surface area contributed by atoms with Gasteiger partial charge in [-0.25, -0.2) is 4.79 Å². The Balaban J connectivity index is 0. The van der Waals surface area contributed by atoms with Crippen molar-refractivity contribution < 1.29 is 24.6 Å².